The zero-order valence-corrected chi connectivity index (χ0v) is 14.9. The third-order valence-electron chi connectivity index (χ3n) is 3.49. The van der Waals surface area contributed by atoms with Crippen molar-refractivity contribution in [3.05, 3.63) is 70.6 Å². The maximum absolute atomic E-state index is 5.74. The van der Waals surface area contributed by atoms with Crippen LogP contribution in [-0.2, 0) is 12.4 Å². The van der Waals surface area contributed by atoms with E-state index in [1.807, 2.05) is 26.0 Å². The van der Waals surface area contributed by atoms with Crippen molar-refractivity contribution in [2.75, 3.05) is 0 Å². The van der Waals surface area contributed by atoms with Crippen LogP contribution in [0.25, 0.3) is 0 Å². The average molecular weight is 340 g/mol. The first-order valence-electron chi connectivity index (χ1n) is 7.80. The quantitative estimate of drug-likeness (QED) is 0.599. The highest BCUT2D eigenvalue weighted by Crippen LogP contribution is 2.22. The molecule has 5 heteroatoms. The number of nitrogens with zero attached hydrogens (tertiary/aromatic N) is 2. The molecule has 1 heterocycles. The van der Waals surface area contributed by atoms with Gasteiger partial charge in [-0.15, -0.1) is 10.2 Å². The molecule has 2 aromatic carbocycles. The van der Waals surface area contributed by atoms with Gasteiger partial charge in [0.15, 0.2) is 6.61 Å². The second-order valence-electron chi connectivity index (χ2n) is 5.85. The first-order valence-corrected chi connectivity index (χ1v) is 8.79. The molecule has 4 nitrogen and oxygen atoms in total. The molecular weight excluding hydrogens is 320 g/mol. The Hall–Kier alpha value is -2.27. The second kappa shape index (κ2) is 7.53. The van der Waals surface area contributed by atoms with Crippen molar-refractivity contribution in [1.82, 2.24) is 10.2 Å². The summed E-state index contributed by atoms with van der Waals surface area (Å²) < 4.78 is 11.4. The van der Waals surface area contributed by atoms with Crippen LogP contribution >= 0.6 is 11.8 Å². The number of aromatic nitrogens is 2. The molecule has 0 unspecified atom stereocenters. The predicted molar refractivity (Wildman–Crippen MR) is 95.3 cm³/mol. The van der Waals surface area contributed by atoms with Crippen LogP contribution in [0.5, 0.6) is 5.75 Å². The Morgan fingerprint density at radius 2 is 1.62 bits per heavy atom. The van der Waals surface area contributed by atoms with Crippen LogP contribution < -0.4 is 4.74 Å². The summed E-state index contributed by atoms with van der Waals surface area (Å²) in [7, 11) is 0. The standard InChI is InChI=1S/C19H20N2O2S/c1-13-4-6-16(7-5-13)12-24-19-21-20-18(23-19)11-22-17-9-14(2)8-15(3)10-17/h4-10H,11-12H2,1-3H3. The summed E-state index contributed by atoms with van der Waals surface area (Å²) in [6, 6.07) is 14.5. The van der Waals surface area contributed by atoms with Crippen molar-refractivity contribution in [2.45, 2.75) is 38.4 Å². The summed E-state index contributed by atoms with van der Waals surface area (Å²) in [5, 5.41) is 8.67. The van der Waals surface area contributed by atoms with E-state index >= 15 is 0 Å². The minimum absolute atomic E-state index is 0.279. The lowest BCUT2D eigenvalue weighted by molar-refractivity contribution is 0.252. The van der Waals surface area contributed by atoms with E-state index in [0.29, 0.717) is 11.1 Å². The minimum Gasteiger partial charge on any atom is -0.484 e. The van der Waals surface area contributed by atoms with E-state index in [9.17, 15) is 0 Å². The Morgan fingerprint density at radius 1 is 0.917 bits per heavy atom. The van der Waals surface area contributed by atoms with E-state index in [2.05, 4.69) is 47.5 Å². The molecule has 0 radical (unpaired) electrons. The van der Waals surface area contributed by atoms with E-state index in [1.54, 1.807) is 0 Å². The summed E-state index contributed by atoms with van der Waals surface area (Å²) in [4.78, 5) is 0. The first-order chi connectivity index (χ1) is 11.6. The van der Waals surface area contributed by atoms with E-state index in [4.69, 9.17) is 9.15 Å². The molecule has 1 aromatic heterocycles. The number of ether oxygens (including phenoxy) is 1. The number of aryl methyl sites for hydroxylation is 3. The van der Waals surface area contributed by atoms with Crippen molar-refractivity contribution in [1.29, 1.82) is 0 Å². The highest BCUT2D eigenvalue weighted by atomic mass is 32.2. The summed E-state index contributed by atoms with van der Waals surface area (Å²) in [6.45, 7) is 6.46. The molecule has 0 amide bonds. The number of hydrogen-bond donors (Lipinski definition) is 0. The van der Waals surface area contributed by atoms with Crippen molar-refractivity contribution in [3.63, 3.8) is 0 Å². The molecule has 3 rings (SSSR count). The van der Waals surface area contributed by atoms with Crippen LogP contribution in [0.15, 0.2) is 52.1 Å². The molecule has 0 aliphatic rings. The monoisotopic (exact) mass is 340 g/mol. The third kappa shape index (κ3) is 4.61. The average Bonchev–Trinajstić information content (AvgIpc) is 2.99. The summed E-state index contributed by atoms with van der Waals surface area (Å²) in [6.07, 6.45) is 0. The molecule has 0 bridgehead atoms. The SMILES string of the molecule is Cc1ccc(CSc2nnc(COc3cc(C)cc(C)c3)o2)cc1. The van der Waals surface area contributed by atoms with Crippen molar-refractivity contribution < 1.29 is 9.15 Å². The van der Waals surface area contributed by atoms with Gasteiger partial charge in [0.05, 0.1) is 0 Å². The highest BCUT2D eigenvalue weighted by molar-refractivity contribution is 7.98. The van der Waals surface area contributed by atoms with E-state index < -0.39 is 0 Å². The molecular formula is C19H20N2O2S. The fraction of sp³-hybridized carbons (Fsp3) is 0.263. The van der Waals surface area contributed by atoms with Gasteiger partial charge in [-0.3, -0.25) is 0 Å². The van der Waals surface area contributed by atoms with Gasteiger partial charge in [-0.05, 0) is 49.6 Å². The van der Waals surface area contributed by atoms with Crippen LogP contribution in [0.1, 0.15) is 28.1 Å². The van der Waals surface area contributed by atoms with Crippen molar-refractivity contribution in [2.24, 2.45) is 0 Å². The summed E-state index contributed by atoms with van der Waals surface area (Å²) >= 11 is 1.53. The van der Waals surface area contributed by atoms with Gasteiger partial charge in [-0.1, -0.05) is 47.7 Å². The normalized spacial score (nSPS) is 10.8. The lowest BCUT2D eigenvalue weighted by Gasteiger charge is -2.05. The van der Waals surface area contributed by atoms with E-state index in [0.717, 1.165) is 11.5 Å². The molecule has 0 N–H and O–H groups in total. The van der Waals surface area contributed by atoms with Crippen LogP contribution in [0.2, 0.25) is 0 Å². The molecule has 0 saturated heterocycles. The van der Waals surface area contributed by atoms with Gasteiger partial charge >= 0.3 is 0 Å². The van der Waals surface area contributed by atoms with Gasteiger partial charge in [0.1, 0.15) is 5.75 Å². The van der Waals surface area contributed by atoms with E-state index in [1.165, 1.54) is 34.0 Å². The van der Waals surface area contributed by atoms with E-state index in [-0.39, 0.29) is 6.61 Å². The molecule has 0 spiro atoms. The Balaban J connectivity index is 1.54. The molecule has 0 fully saturated rings. The lowest BCUT2D eigenvalue weighted by Crippen LogP contribution is -1.96. The van der Waals surface area contributed by atoms with Gasteiger partial charge in [0, 0.05) is 5.75 Å². The Kier molecular flexibility index (Phi) is 5.20. The van der Waals surface area contributed by atoms with Crippen LogP contribution in [0.4, 0.5) is 0 Å². The number of benzene rings is 2. The third-order valence-corrected chi connectivity index (χ3v) is 4.38. The fourth-order valence-electron chi connectivity index (χ4n) is 2.35. The maximum Gasteiger partial charge on any atom is 0.277 e. The molecule has 124 valence electrons. The smallest absolute Gasteiger partial charge is 0.277 e. The predicted octanol–water partition coefficient (Wildman–Crippen LogP) is 4.87. The maximum atomic E-state index is 5.74. The number of thioether (sulfide) groups is 1. The molecule has 3 aromatic rings. The molecule has 0 aliphatic heterocycles. The number of hydrogen-bond acceptors (Lipinski definition) is 5. The zero-order chi connectivity index (χ0) is 16.9. The largest absolute Gasteiger partial charge is 0.484 e. The highest BCUT2D eigenvalue weighted by Gasteiger charge is 2.08. The van der Waals surface area contributed by atoms with Gasteiger partial charge in [-0.25, -0.2) is 0 Å². The van der Waals surface area contributed by atoms with Gasteiger partial charge in [0.2, 0.25) is 0 Å². The molecule has 0 saturated carbocycles. The molecule has 24 heavy (non-hydrogen) atoms. The number of rotatable bonds is 6. The summed E-state index contributed by atoms with van der Waals surface area (Å²) in [5.41, 5.74) is 4.83. The molecule has 0 aliphatic carbocycles. The van der Waals surface area contributed by atoms with Crippen molar-refractivity contribution in [3.8, 4) is 5.75 Å². The van der Waals surface area contributed by atoms with Gasteiger partial charge in [-0.2, -0.15) is 0 Å². The molecule has 0 atom stereocenters. The second-order valence-corrected chi connectivity index (χ2v) is 6.77. The Morgan fingerprint density at radius 3 is 2.33 bits per heavy atom. The Labute approximate surface area is 146 Å². The zero-order valence-electron chi connectivity index (χ0n) is 14.1. The first kappa shape index (κ1) is 16.6. The van der Waals surface area contributed by atoms with Crippen LogP contribution in [0, 0.1) is 20.8 Å². The minimum atomic E-state index is 0.279. The Bertz CT molecular complexity index is 792. The summed E-state index contributed by atoms with van der Waals surface area (Å²) in [5.74, 6) is 2.11. The fourth-order valence-corrected chi connectivity index (χ4v) is 3.08. The van der Waals surface area contributed by atoms with Crippen LogP contribution in [0.3, 0.4) is 0 Å². The van der Waals surface area contributed by atoms with Gasteiger partial charge < -0.3 is 9.15 Å². The lowest BCUT2D eigenvalue weighted by atomic mass is 10.1. The van der Waals surface area contributed by atoms with Gasteiger partial charge in [0.25, 0.3) is 11.1 Å². The van der Waals surface area contributed by atoms with Crippen molar-refractivity contribution >= 4 is 11.8 Å². The topological polar surface area (TPSA) is 48.2 Å². The van der Waals surface area contributed by atoms with Crippen LogP contribution in [-0.4, -0.2) is 10.2 Å².